The summed E-state index contributed by atoms with van der Waals surface area (Å²) in [6.07, 6.45) is 0. The van der Waals surface area contributed by atoms with E-state index in [1.807, 2.05) is 30.3 Å². The molecule has 0 N–H and O–H groups in total. The summed E-state index contributed by atoms with van der Waals surface area (Å²) in [5.41, 5.74) is 11.0. The van der Waals surface area contributed by atoms with Gasteiger partial charge in [0.05, 0.1) is 39.1 Å². The van der Waals surface area contributed by atoms with Gasteiger partial charge in [0, 0.05) is 38.3 Å². The second-order valence-electron chi connectivity index (χ2n) is 12.1. The van der Waals surface area contributed by atoms with E-state index in [0.717, 1.165) is 66.5 Å². The Hall–Kier alpha value is -6.57. The zero-order valence-electron chi connectivity index (χ0n) is 25.2. The molecule has 0 fully saturated rings. The lowest BCUT2D eigenvalue weighted by molar-refractivity contribution is 0.669. The van der Waals surface area contributed by atoms with E-state index in [4.69, 9.17) is 4.42 Å². The maximum Gasteiger partial charge on any atom is 0.137 e. The summed E-state index contributed by atoms with van der Waals surface area (Å²) in [5.74, 6) is 0. The molecule has 218 valence electrons. The minimum absolute atomic E-state index is 0.634. The summed E-state index contributed by atoms with van der Waals surface area (Å²) < 4.78 is 11.2. The highest BCUT2D eigenvalue weighted by atomic mass is 16.3. The second-order valence-corrected chi connectivity index (χ2v) is 12.1. The molecule has 0 spiro atoms. The van der Waals surface area contributed by atoms with Crippen LogP contribution in [0.2, 0.25) is 0 Å². The third kappa shape index (κ3) is 3.69. The molecule has 7 aromatic carbocycles. The van der Waals surface area contributed by atoms with Crippen LogP contribution in [0.25, 0.3) is 88.1 Å². The number of benzene rings is 7. The highest BCUT2D eigenvalue weighted by Crippen LogP contribution is 2.42. The topological polar surface area (TPSA) is 46.8 Å². The Morgan fingerprint density at radius 3 is 1.74 bits per heavy atom. The lowest BCUT2D eigenvalue weighted by Gasteiger charge is -2.16. The predicted molar refractivity (Wildman–Crippen MR) is 193 cm³/mol. The van der Waals surface area contributed by atoms with E-state index >= 15 is 0 Å². The van der Waals surface area contributed by atoms with Gasteiger partial charge in [-0.15, -0.1) is 0 Å². The Kier molecular flexibility index (Phi) is 5.32. The largest absolute Gasteiger partial charge is 0.456 e. The standard InChI is InChI=1S/C43H25N3O/c44-26-27-10-9-11-28(22-27)29-23-30(45-37-16-5-1-12-32(37)33-13-2-6-17-38(33)45)25-31(24-29)46-39-18-7-3-14-34(39)35-20-21-41-42(43(35)46)36-15-4-8-19-40(36)47-41/h1-25H. The van der Waals surface area contributed by atoms with E-state index in [1.54, 1.807) is 0 Å². The number of hydrogen-bond acceptors (Lipinski definition) is 2. The molecule has 10 aromatic rings. The van der Waals surface area contributed by atoms with Gasteiger partial charge in [-0.2, -0.15) is 5.26 Å². The summed E-state index contributed by atoms with van der Waals surface area (Å²) in [6, 6.07) is 55.4. The Morgan fingerprint density at radius 1 is 0.447 bits per heavy atom. The van der Waals surface area contributed by atoms with Crippen molar-refractivity contribution in [3.8, 4) is 28.6 Å². The molecule has 0 aliphatic rings. The molecule has 0 bridgehead atoms. The van der Waals surface area contributed by atoms with E-state index in [9.17, 15) is 5.26 Å². The number of aromatic nitrogens is 2. The van der Waals surface area contributed by atoms with Crippen molar-refractivity contribution in [3.05, 3.63) is 157 Å². The lowest BCUT2D eigenvalue weighted by atomic mass is 10.0. The van der Waals surface area contributed by atoms with E-state index < -0.39 is 0 Å². The van der Waals surface area contributed by atoms with Crippen molar-refractivity contribution in [1.82, 2.24) is 9.13 Å². The first-order valence-electron chi connectivity index (χ1n) is 15.7. The van der Waals surface area contributed by atoms with E-state index in [2.05, 4.69) is 137 Å². The van der Waals surface area contributed by atoms with Gasteiger partial charge in [0.25, 0.3) is 0 Å². The molecule has 4 nitrogen and oxygen atoms in total. The van der Waals surface area contributed by atoms with Crippen molar-refractivity contribution in [2.75, 3.05) is 0 Å². The first kappa shape index (κ1) is 25.7. The van der Waals surface area contributed by atoms with Crippen LogP contribution >= 0.6 is 0 Å². The molecule has 3 heterocycles. The van der Waals surface area contributed by atoms with Crippen LogP contribution in [0.3, 0.4) is 0 Å². The maximum atomic E-state index is 9.79. The molecular weight excluding hydrogens is 574 g/mol. The maximum absolute atomic E-state index is 9.79. The van der Waals surface area contributed by atoms with Crippen molar-refractivity contribution < 1.29 is 4.42 Å². The zero-order chi connectivity index (χ0) is 31.1. The molecule has 10 rings (SSSR count). The molecule has 0 atom stereocenters. The smallest absolute Gasteiger partial charge is 0.137 e. The molecular formula is C43H25N3O. The average molecular weight is 600 g/mol. The highest BCUT2D eigenvalue weighted by Gasteiger charge is 2.21. The normalized spacial score (nSPS) is 11.8. The van der Waals surface area contributed by atoms with Crippen LogP contribution in [0, 0.1) is 11.3 Å². The van der Waals surface area contributed by atoms with Gasteiger partial charge >= 0.3 is 0 Å². The molecule has 0 amide bonds. The Labute approximate surface area is 269 Å². The third-order valence-corrected chi connectivity index (χ3v) is 9.50. The van der Waals surface area contributed by atoms with Crippen molar-refractivity contribution in [2.45, 2.75) is 0 Å². The van der Waals surface area contributed by atoms with Crippen LogP contribution in [0.15, 0.2) is 156 Å². The zero-order valence-corrected chi connectivity index (χ0v) is 25.2. The summed E-state index contributed by atoms with van der Waals surface area (Å²) >= 11 is 0. The van der Waals surface area contributed by atoms with Crippen LogP contribution < -0.4 is 0 Å². The minimum atomic E-state index is 0.634. The van der Waals surface area contributed by atoms with Crippen molar-refractivity contribution in [3.63, 3.8) is 0 Å². The number of nitriles is 1. The van der Waals surface area contributed by atoms with Gasteiger partial charge in [-0.25, -0.2) is 0 Å². The third-order valence-electron chi connectivity index (χ3n) is 9.50. The second kappa shape index (κ2) is 9.71. The van der Waals surface area contributed by atoms with Crippen molar-refractivity contribution in [1.29, 1.82) is 5.26 Å². The van der Waals surface area contributed by atoms with Crippen molar-refractivity contribution in [2.24, 2.45) is 0 Å². The Bertz CT molecular complexity index is 2880. The molecule has 3 aromatic heterocycles. The van der Waals surface area contributed by atoms with Gasteiger partial charge in [0.1, 0.15) is 11.2 Å². The van der Waals surface area contributed by atoms with Crippen LogP contribution in [0.1, 0.15) is 5.56 Å². The highest BCUT2D eigenvalue weighted by molar-refractivity contribution is 6.24. The Balaban J connectivity index is 1.38. The van der Waals surface area contributed by atoms with Gasteiger partial charge in [0.15, 0.2) is 0 Å². The molecule has 4 heteroatoms. The number of para-hydroxylation sites is 4. The fourth-order valence-electron chi connectivity index (χ4n) is 7.52. The van der Waals surface area contributed by atoms with Crippen molar-refractivity contribution >= 4 is 65.6 Å². The molecule has 0 saturated carbocycles. The van der Waals surface area contributed by atoms with E-state index in [-0.39, 0.29) is 0 Å². The Morgan fingerprint density at radius 2 is 1.04 bits per heavy atom. The van der Waals surface area contributed by atoms with E-state index in [0.29, 0.717) is 5.56 Å². The van der Waals surface area contributed by atoms with Gasteiger partial charge in [0.2, 0.25) is 0 Å². The average Bonchev–Trinajstić information content (AvgIpc) is 3.79. The number of furan rings is 1. The number of hydrogen-bond donors (Lipinski definition) is 0. The molecule has 47 heavy (non-hydrogen) atoms. The number of rotatable bonds is 3. The fraction of sp³-hybridized carbons (Fsp3) is 0. The monoisotopic (exact) mass is 599 g/mol. The van der Waals surface area contributed by atoms with Crippen LogP contribution in [-0.4, -0.2) is 9.13 Å². The number of nitrogens with zero attached hydrogens (tertiary/aromatic N) is 3. The van der Waals surface area contributed by atoms with Gasteiger partial charge in [-0.3, -0.25) is 0 Å². The minimum Gasteiger partial charge on any atom is -0.456 e. The molecule has 0 unspecified atom stereocenters. The summed E-state index contributed by atoms with van der Waals surface area (Å²) in [7, 11) is 0. The summed E-state index contributed by atoms with van der Waals surface area (Å²) in [4.78, 5) is 0. The molecule has 0 aliphatic carbocycles. The van der Waals surface area contributed by atoms with Crippen LogP contribution in [-0.2, 0) is 0 Å². The first-order chi connectivity index (χ1) is 23.3. The molecule has 0 aliphatic heterocycles. The van der Waals surface area contributed by atoms with Crippen LogP contribution in [0.5, 0.6) is 0 Å². The number of fused-ring (bicyclic) bond motifs is 10. The fourth-order valence-corrected chi connectivity index (χ4v) is 7.52. The summed E-state index contributed by atoms with van der Waals surface area (Å²) in [5, 5.41) is 16.8. The first-order valence-corrected chi connectivity index (χ1v) is 15.7. The molecule has 0 radical (unpaired) electrons. The lowest BCUT2D eigenvalue weighted by Crippen LogP contribution is -2.00. The van der Waals surface area contributed by atoms with Gasteiger partial charge in [-0.05, 0) is 77.9 Å². The molecule has 0 saturated heterocycles. The SMILES string of the molecule is N#Cc1cccc(-c2cc(-n3c4ccccc4c4ccccc43)cc(-n3c4ccccc4c4ccc5oc6ccccc6c5c43)c2)c1. The van der Waals surface area contributed by atoms with E-state index in [1.165, 1.54) is 21.5 Å². The quantitative estimate of drug-likeness (QED) is 0.203. The van der Waals surface area contributed by atoms with Crippen LogP contribution in [0.4, 0.5) is 0 Å². The predicted octanol–water partition coefficient (Wildman–Crippen LogP) is 11.3. The van der Waals surface area contributed by atoms with Gasteiger partial charge in [-0.1, -0.05) is 84.9 Å². The summed E-state index contributed by atoms with van der Waals surface area (Å²) in [6.45, 7) is 0. The van der Waals surface area contributed by atoms with Gasteiger partial charge < -0.3 is 13.6 Å².